The van der Waals surface area contributed by atoms with Gasteiger partial charge in [-0.25, -0.2) is 21.8 Å². The fourth-order valence-corrected chi connectivity index (χ4v) is 6.08. The second-order valence-corrected chi connectivity index (χ2v) is 10.4. The van der Waals surface area contributed by atoms with Crippen molar-refractivity contribution in [2.45, 2.75) is 4.90 Å². The average molecular weight is 503 g/mol. The summed E-state index contributed by atoms with van der Waals surface area (Å²) in [7, 11) is -3.94. The molecule has 1 aliphatic heterocycles. The average Bonchev–Trinajstić information content (AvgIpc) is 3.33. The summed E-state index contributed by atoms with van der Waals surface area (Å²) in [6.07, 6.45) is 4.68. The molecule has 8 nitrogen and oxygen atoms in total. The summed E-state index contributed by atoms with van der Waals surface area (Å²) in [6, 6.07) is 17.0. The monoisotopic (exact) mass is 502 g/mol. The molecule has 1 fully saturated rings. The predicted molar refractivity (Wildman–Crippen MR) is 139 cm³/mol. The lowest BCUT2D eigenvalue weighted by Crippen LogP contribution is -2.43. The molecule has 0 saturated carbocycles. The van der Waals surface area contributed by atoms with Gasteiger partial charge in [0.25, 0.3) is 10.0 Å². The number of benzene rings is 2. The van der Waals surface area contributed by atoms with Crippen molar-refractivity contribution in [3.63, 3.8) is 0 Å². The highest BCUT2D eigenvalue weighted by Crippen LogP contribution is 2.29. The van der Waals surface area contributed by atoms with Crippen molar-refractivity contribution in [2.24, 2.45) is 0 Å². The number of nitrogens with one attached hydrogen (secondary N) is 2. The molecule has 0 unspecified atom stereocenters. The molecule has 2 aromatic carbocycles. The molecule has 0 aliphatic carbocycles. The molecule has 3 aromatic heterocycles. The molecule has 0 atom stereocenters. The lowest BCUT2D eigenvalue weighted by Gasteiger charge is -2.29. The molecule has 0 radical (unpaired) electrons. The van der Waals surface area contributed by atoms with Crippen LogP contribution in [0.3, 0.4) is 0 Å². The first kappa shape index (κ1) is 22.4. The first-order valence-electron chi connectivity index (χ1n) is 11.6. The maximum absolute atomic E-state index is 14.9. The maximum Gasteiger partial charge on any atom is 0.270 e. The van der Waals surface area contributed by atoms with Crippen molar-refractivity contribution in [3.05, 3.63) is 85.1 Å². The third-order valence-electron chi connectivity index (χ3n) is 6.35. The van der Waals surface area contributed by atoms with E-state index >= 15 is 0 Å². The molecule has 182 valence electrons. The van der Waals surface area contributed by atoms with Gasteiger partial charge in [-0.05, 0) is 36.4 Å². The third kappa shape index (κ3) is 3.94. The lowest BCUT2D eigenvalue weighted by molar-refractivity contribution is 0.566. The fraction of sp³-hybridized carbons (Fsp3) is 0.154. The smallest absolute Gasteiger partial charge is 0.270 e. The van der Waals surface area contributed by atoms with E-state index in [1.807, 2.05) is 17.0 Å². The molecule has 10 heteroatoms. The number of nitrogens with zero attached hydrogens (tertiary/aromatic N) is 4. The largest absolute Gasteiger partial charge is 0.367 e. The number of halogens is 1. The number of piperazine rings is 1. The van der Waals surface area contributed by atoms with Gasteiger partial charge in [-0.1, -0.05) is 18.2 Å². The standard InChI is InChI=1S/C26H23FN6O2S/c27-21-15-20(6-7-22(21)32-13-10-28-11-14-32)31-25-16-23-19(17-30-25)8-12-33(23)36(34,35)24-5-1-3-18-4-2-9-29-26(18)24/h1-9,12,15-17,28H,10-11,13-14H2,(H,30,31). The first-order chi connectivity index (χ1) is 17.5. The van der Waals surface area contributed by atoms with Crippen LogP contribution in [-0.2, 0) is 10.0 Å². The Bertz CT molecular complexity index is 1690. The minimum absolute atomic E-state index is 0.120. The zero-order chi connectivity index (χ0) is 24.7. The summed E-state index contributed by atoms with van der Waals surface area (Å²) in [5.41, 5.74) is 1.96. The Hall–Kier alpha value is -4.02. The topological polar surface area (TPSA) is 92.1 Å². The molecular formula is C26H23FN6O2S. The Kier molecular flexibility index (Phi) is 5.54. The van der Waals surface area contributed by atoms with Gasteiger partial charge < -0.3 is 15.5 Å². The van der Waals surface area contributed by atoms with Gasteiger partial charge in [0.1, 0.15) is 16.5 Å². The van der Waals surface area contributed by atoms with Crippen molar-refractivity contribution < 1.29 is 12.8 Å². The highest BCUT2D eigenvalue weighted by atomic mass is 32.2. The minimum Gasteiger partial charge on any atom is -0.367 e. The van der Waals surface area contributed by atoms with Crippen LogP contribution in [0.1, 0.15) is 0 Å². The van der Waals surface area contributed by atoms with Crippen LogP contribution in [0.4, 0.5) is 21.6 Å². The van der Waals surface area contributed by atoms with Crippen LogP contribution in [0.2, 0.25) is 0 Å². The number of anilines is 3. The summed E-state index contributed by atoms with van der Waals surface area (Å²) in [5.74, 6) is 0.0837. The Morgan fingerprint density at radius 1 is 0.944 bits per heavy atom. The molecule has 6 rings (SSSR count). The summed E-state index contributed by atoms with van der Waals surface area (Å²) < 4.78 is 43.4. The SMILES string of the molecule is O=S(=O)(c1cccc2cccnc12)n1ccc2cnc(Nc3ccc(N4CCNCC4)c(F)c3)cc21. The summed E-state index contributed by atoms with van der Waals surface area (Å²) >= 11 is 0. The summed E-state index contributed by atoms with van der Waals surface area (Å²) in [5, 5.41) is 7.77. The normalized spacial score (nSPS) is 14.4. The zero-order valence-corrected chi connectivity index (χ0v) is 20.0. The predicted octanol–water partition coefficient (Wildman–Crippen LogP) is 4.11. The summed E-state index contributed by atoms with van der Waals surface area (Å²) in [6.45, 7) is 3.14. The molecule has 5 aromatic rings. The Balaban J connectivity index is 1.34. The third-order valence-corrected chi connectivity index (χ3v) is 8.07. The Morgan fingerprint density at radius 3 is 2.61 bits per heavy atom. The molecule has 0 amide bonds. The van der Waals surface area contributed by atoms with Crippen LogP contribution in [0.5, 0.6) is 0 Å². The van der Waals surface area contributed by atoms with Crippen molar-refractivity contribution in [1.29, 1.82) is 0 Å². The second-order valence-electron chi connectivity index (χ2n) is 8.60. The van der Waals surface area contributed by atoms with Crippen LogP contribution in [0.15, 0.2) is 84.1 Å². The number of para-hydroxylation sites is 1. The molecule has 36 heavy (non-hydrogen) atoms. The van der Waals surface area contributed by atoms with Gasteiger partial charge in [0.15, 0.2) is 0 Å². The van der Waals surface area contributed by atoms with Gasteiger partial charge >= 0.3 is 0 Å². The van der Waals surface area contributed by atoms with E-state index in [9.17, 15) is 12.8 Å². The Morgan fingerprint density at radius 2 is 1.78 bits per heavy atom. The van der Waals surface area contributed by atoms with Gasteiger partial charge in [-0.3, -0.25) is 4.98 Å². The first-order valence-corrected chi connectivity index (χ1v) is 13.0. The highest BCUT2D eigenvalue weighted by Gasteiger charge is 2.22. The minimum atomic E-state index is -3.94. The molecule has 0 spiro atoms. The van der Waals surface area contributed by atoms with Gasteiger partial charge in [0.2, 0.25) is 0 Å². The van der Waals surface area contributed by atoms with E-state index < -0.39 is 10.0 Å². The quantitative estimate of drug-likeness (QED) is 0.374. The van der Waals surface area contributed by atoms with E-state index in [1.54, 1.807) is 54.9 Å². The van der Waals surface area contributed by atoms with Crippen molar-refractivity contribution in [3.8, 4) is 0 Å². The van der Waals surface area contributed by atoms with Gasteiger partial charge in [0, 0.05) is 67.3 Å². The van der Waals surface area contributed by atoms with Crippen molar-refractivity contribution in [1.82, 2.24) is 19.3 Å². The van der Waals surface area contributed by atoms with E-state index in [4.69, 9.17) is 0 Å². The maximum atomic E-state index is 14.9. The number of rotatable bonds is 5. The number of fused-ring (bicyclic) bond motifs is 2. The number of pyridine rings is 2. The number of hydrogen-bond donors (Lipinski definition) is 2. The number of hydrogen-bond acceptors (Lipinski definition) is 7. The van der Waals surface area contributed by atoms with Crippen LogP contribution in [0.25, 0.3) is 21.8 Å². The lowest BCUT2D eigenvalue weighted by atomic mass is 10.2. The molecule has 4 heterocycles. The van der Waals surface area contributed by atoms with Crippen molar-refractivity contribution >= 4 is 49.0 Å². The van der Waals surface area contributed by atoms with E-state index in [2.05, 4.69) is 20.6 Å². The van der Waals surface area contributed by atoms with E-state index in [1.165, 1.54) is 16.2 Å². The molecular weight excluding hydrogens is 479 g/mol. The molecule has 1 saturated heterocycles. The Labute approximate surface area is 207 Å². The molecule has 2 N–H and O–H groups in total. The van der Waals surface area contributed by atoms with Crippen LogP contribution in [-0.4, -0.2) is 48.5 Å². The zero-order valence-electron chi connectivity index (χ0n) is 19.2. The van der Waals surface area contributed by atoms with E-state index in [0.717, 1.165) is 31.6 Å². The van der Waals surface area contributed by atoms with Crippen LogP contribution < -0.4 is 15.5 Å². The number of aromatic nitrogens is 3. The molecule has 0 bridgehead atoms. The van der Waals surface area contributed by atoms with Gasteiger partial charge in [-0.2, -0.15) is 0 Å². The second kappa shape index (κ2) is 8.89. The fourth-order valence-electron chi connectivity index (χ4n) is 4.57. The van der Waals surface area contributed by atoms with Crippen molar-refractivity contribution in [2.75, 3.05) is 36.4 Å². The van der Waals surface area contributed by atoms with Crippen LogP contribution in [0, 0.1) is 5.82 Å². The van der Waals surface area contributed by atoms with Gasteiger partial charge in [0.05, 0.1) is 16.7 Å². The molecule has 1 aliphatic rings. The summed E-state index contributed by atoms with van der Waals surface area (Å²) in [4.78, 5) is 10.8. The van der Waals surface area contributed by atoms with E-state index in [-0.39, 0.29) is 10.7 Å². The highest BCUT2D eigenvalue weighted by molar-refractivity contribution is 7.90. The van der Waals surface area contributed by atoms with Gasteiger partial charge in [-0.15, -0.1) is 0 Å². The van der Waals surface area contributed by atoms with E-state index in [0.29, 0.717) is 33.6 Å². The van der Waals surface area contributed by atoms with Crippen LogP contribution >= 0.6 is 0 Å².